The van der Waals surface area contributed by atoms with Crippen molar-refractivity contribution >= 4 is 11.8 Å². The van der Waals surface area contributed by atoms with Crippen LogP contribution in [0.1, 0.15) is 29.9 Å². The number of hydrogen-bond donors (Lipinski definition) is 1. The van der Waals surface area contributed by atoms with Crippen LogP contribution < -0.4 is 5.32 Å². The minimum absolute atomic E-state index is 0.0642. The highest BCUT2D eigenvalue weighted by Gasteiger charge is 2.36. The second-order valence-electron chi connectivity index (χ2n) is 5.23. The van der Waals surface area contributed by atoms with Gasteiger partial charge in [0.2, 0.25) is 0 Å². The molecule has 0 aliphatic carbocycles. The van der Waals surface area contributed by atoms with E-state index in [1.165, 1.54) is 12.1 Å². The molecule has 0 radical (unpaired) electrons. The summed E-state index contributed by atoms with van der Waals surface area (Å²) < 4.78 is 39.6. The Hall–Kier alpha value is -0.680. The average Bonchev–Trinajstić information content (AvgIpc) is 2.45. The molecule has 1 nitrogen and oxygen atoms in total. The summed E-state index contributed by atoms with van der Waals surface area (Å²) in [6, 6.07) is 6.03. The summed E-state index contributed by atoms with van der Waals surface area (Å²) in [6.45, 7) is 0.596. The van der Waals surface area contributed by atoms with E-state index in [2.05, 4.69) is 5.32 Å². The van der Waals surface area contributed by atoms with Crippen molar-refractivity contribution < 1.29 is 13.2 Å². The zero-order valence-corrected chi connectivity index (χ0v) is 12.4. The Balaban J connectivity index is 2.33. The molecule has 0 spiro atoms. The number of thioether (sulfide) groups is 1. The maximum atomic E-state index is 13.2. The number of hydrogen-bond acceptors (Lipinski definition) is 2. The predicted molar refractivity (Wildman–Crippen MR) is 78.2 cm³/mol. The first-order valence-corrected chi connectivity index (χ1v) is 8.08. The van der Waals surface area contributed by atoms with Crippen LogP contribution in [0.15, 0.2) is 24.3 Å². The van der Waals surface area contributed by atoms with E-state index in [0.717, 1.165) is 24.3 Å². The SMILES string of the molecule is CNCC(c1ccccc1C(F)(F)F)C1CCCSC1. The van der Waals surface area contributed by atoms with Crippen LogP contribution in [-0.2, 0) is 6.18 Å². The second kappa shape index (κ2) is 6.85. The molecule has 0 saturated carbocycles. The fraction of sp³-hybridized carbons (Fsp3) is 0.600. The van der Waals surface area contributed by atoms with Gasteiger partial charge in [0.1, 0.15) is 0 Å². The van der Waals surface area contributed by atoms with E-state index in [9.17, 15) is 13.2 Å². The van der Waals surface area contributed by atoms with Gasteiger partial charge in [-0.25, -0.2) is 0 Å². The zero-order chi connectivity index (χ0) is 14.6. The molecule has 5 heteroatoms. The first kappa shape index (κ1) is 15.7. The van der Waals surface area contributed by atoms with E-state index < -0.39 is 11.7 Å². The van der Waals surface area contributed by atoms with E-state index in [1.54, 1.807) is 19.2 Å². The summed E-state index contributed by atoms with van der Waals surface area (Å²) in [6.07, 6.45) is -2.15. The summed E-state index contributed by atoms with van der Waals surface area (Å²) in [7, 11) is 1.80. The van der Waals surface area contributed by atoms with Crippen LogP contribution in [-0.4, -0.2) is 25.1 Å². The molecule has 1 aromatic rings. The maximum Gasteiger partial charge on any atom is 0.416 e. The van der Waals surface area contributed by atoms with Gasteiger partial charge in [-0.3, -0.25) is 0 Å². The lowest BCUT2D eigenvalue weighted by atomic mass is 9.82. The van der Waals surface area contributed by atoms with Crippen molar-refractivity contribution in [2.45, 2.75) is 24.9 Å². The third kappa shape index (κ3) is 3.70. The van der Waals surface area contributed by atoms with Crippen LogP contribution in [0.25, 0.3) is 0 Å². The molecule has 112 valence electrons. The molecule has 2 unspecified atom stereocenters. The molecule has 0 amide bonds. The first-order valence-electron chi connectivity index (χ1n) is 6.92. The van der Waals surface area contributed by atoms with Gasteiger partial charge < -0.3 is 5.32 Å². The fourth-order valence-corrected chi connectivity index (χ4v) is 4.15. The van der Waals surface area contributed by atoms with Gasteiger partial charge in [-0.05, 0) is 48.9 Å². The Morgan fingerprint density at radius 2 is 2.10 bits per heavy atom. The van der Waals surface area contributed by atoms with Crippen LogP contribution in [0.2, 0.25) is 0 Å². The molecule has 20 heavy (non-hydrogen) atoms. The van der Waals surface area contributed by atoms with Gasteiger partial charge >= 0.3 is 6.18 Å². The lowest BCUT2D eigenvalue weighted by Crippen LogP contribution is -2.29. The lowest BCUT2D eigenvalue weighted by Gasteiger charge is -2.32. The summed E-state index contributed by atoms with van der Waals surface area (Å²) in [4.78, 5) is 0. The van der Waals surface area contributed by atoms with Gasteiger partial charge in [0.05, 0.1) is 5.56 Å². The molecule has 1 aliphatic heterocycles. The minimum atomic E-state index is -4.27. The molecule has 0 bridgehead atoms. The Labute approximate surface area is 122 Å². The highest BCUT2D eigenvalue weighted by atomic mass is 32.2. The third-order valence-electron chi connectivity index (χ3n) is 3.85. The van der Waals surface area contributed by atoms with Gasteiger partial charge in [-0.15, -0.1) is 0 Å². The molecular formula is C15H20F3NS. The van der Waals surface area contributed by atoms with Crippen molar-refractivity contribution in [3.05, 3.63) is 35.4 Å². The van der Waals surface area contributed by atoms with Crippen molar-refractivity contribution in [1.29, 1.82) is 0 Å². The van der Waals surface area contributed by atoms with Crippen molar-refractivity contribution in [2.75, 3.05) is 25.1 Å². The molecule has 2 rings (SSSR count). The second-order valence-corrected chi connectivity index (χ2v) is 6.38. The standard InChI is InChI=1S/C15H20F3NS/c1-19-9-13(11-5-4-8-20-10-11)12-6-2-3-7-14(12)15(16,17)18/h2-3,6-7,11,13,19H,4-5,8-10H2,1H3. The molecule has 0 aromatic heterocycles. The van der Waals surface area contributed by atoms with Gasteiger partial charge in [0.15, 0.2) is 0 Å². The molecule has 1 saturated heterocycles. The first-order chi connectivity index (χ1) is 9.54. The molecular weight excluding hydrogens is 283 g/mol. The van der Waals surface area contributed by atoms with E-state index >= 15 is 0 Å². The normalized spacial score (nSPS) is 21.7. The molecule has 1 N–H and O–H groups in total. The number of alkyl halides is 3. The Kier molecular flexibility index (Phi) is 5.38. The Morgan fingerprint density at radius 3 is 2.70 bits per heavy atom. The van der Waals surface area contributed by atoms with Gasteiger partial charge in [0, 0.05) is 12.5 Å². The van der Waals surface area contributed by atoms with Gasteiger partial charge in [0.25, 0.3) is 0 Å². The van der Waals surface area contributed by atoms with Crippen LogP contribution in [0.4, 0.5) is 13.2 Å². The monoisotopic (exact) mass is 303 g/mol. The van der Waals surface area contributed by atoms with Crippen LogP contribution in [0.3, 0.4) is 0 Å². The van der Waals surface area contributed by atoms with Crippen molar-refractivity contribution in [1.82, 2.24) is 5.32 Å². The van der Waals surface area contributed by atoms with Gasteiger partial charge in [-0.2, -0.15) is 24.9 Å². The van der Waals surface area contributed by atoms with E-state index in [1.807, 2.05) is 11.8 Å². The Morgan fingerprint density at radius 1 is 1.35 bits per heavy atom. The molecule has 2 atom stereocenters. The quantitative estimate of drug-likeness (QED) is 0.896. The van der Waals surface area contributed by atoms with Crippen LogP contribution in [0.5, 0.6) is 0 Å². The number of rotatable bonds is 4. The van der Waals surface area contributed by atoms with Crippen LogP contribution >= 0.6 is 11.8 Å². The number of nitrogens with one attached hydrogen (secondary N) is 1. The van der Waals surface area contributed by atoms with Crippen molar-refractivity contribution in [2.24, 2.45) is 5.92 Å². The topological polar surface area (TPSA) is 12.0 Å². The zero-order valence-electron chi connectivity index (χ0n) is 11.5. The summed E-state index contributed by atoms with van der Waals surface area (Å²) in [5.74, 6) is 2.35. The lowest BCUT2D eigenvalue weighted by molar-refractivity contribution is -0.138. The fourth-order valence-electron chi connectivity index (χ4n) is 2.91. The molecule has 1 fully saturated rings. The van der Waals surface area contributed by atoms with Crippen molar-refractivity contribution in [3.63, 3.8) is 0 Å². The third-order valence-corrected chi connectivity index (χ3v) is 5.10. The maximum absolute atomic E-state index is 13.2. The minimum Gasteiger partial charge on any atom is -0.319 e. The number of likely N-dealkylation sites (N-methyl/N-ethyl adjacent to an activating group) is 1. The smallest absolute Gasteiger partial charge is 0.319 e. The summed E-state index contributed by atoms with van der Waals surface area (Å²) >= 11 is 1.86. The van der Waals surface area contributed by atoms with Crippen molar-refractivity contribution in [3.8, 4) is 0 Å². The van der Waals surface area contributed by atoms with E-state index in [-0.39, 0.29) is 5.92 Å². The summed E-state index contributed by atoms with van der Waals surface area (Å²) in [5.41, 5.74) is -0.0299. The van der Waals surface area contributed by atoms with E-state index in [0.29, 0.717) is 18.0 Å². The largest absolute Gasteiger partial charge is 0.416 e. The number of benzene rings is 1. The predicted octanol–water partition coefficient (Wildman–Crippen LogP) is 4.15. The average molecular weight is 303 g/mol. The van der Waals surface area contributed by atoms with E-state index in [4.69, 9.17) is 0 Å². The highest BCUT2D eigenvalue weighted by molar-refractivity contribution is 7.99. The summed E-state index contributed by atoms with van der Waals surface area (Å²) in [5, 5.41) is 3.07. The Bertz CT molecular complexity index is 427. The molecule has 1 heterocycles. The van der Waals surface area contributed by atoms with Crippen LogP contribution in [0, 0.1) is 5.92 Å². The van der Waals surface area contributed by atoms with Gasteiger partial charge in [-0.1, -0.05) is 18.2 Å². The molecule has 1 aromatic carbocycles. The number of halogens is 3. The highest BCUT2D eigenvalue weighted by Crippen LogP contribution is 2.40. The molecule has 1 aliphatic rings.